The van der Waals surface area contributed by atoms with Crippen molar-refractivity contribution in [2.75, 3.05) is 13.7 Å². The lowest BCUT2D eigenvalue weighted by atomic mass is 9.95. The summed E-state index contributed by atoms with van der Waals surface area (Å²) in [5.74, 6) is 0.0929. The number of rotatable bonds is 4. The summed E-state index contributed by atoms with van der Waals surface area (Å²) in [6.45, 7) is 2.02. The van der Waals surface area contributed by atoms with Crippen molar-refractivity contribution in [3.05, 3.63) is 0 Å². The van der Waals surface area contributed by atoms with Gasteiger partial charge in [0.05, 0.1) is 25.9 Å². The van der Waals surface area contributed by atoms with Gasteiger partial charge in [-0.15, -0.1) is 0 Å². The minimum atomic E-state index is -0.193. The summed E-state index contributed by atoms with van der Waals surface area (Å²) >= 11 is 0. The van der Waals surface area contributed by atoms with Gasteiger partial charge >= 0.3 is 5.97 Å². The molecule has 0 aliphatic carbocycles. The number of esters is 1. The minimum Gasteiger partial charge on any atom is -0.469 e. The Labute approximate surface area is 84.2 Å². The van der Waals surface area contributed by atoms with Crippen LogP contribution in [0.15, 0.2) is 0 Å². The molecule has 0 amide bonds. The van der Waals surface area contributed by atoms with Crippen LogP contribution in [0.3, 0.4) is 0 Å². The van der Waals surface area contributed by atoms with Gasteiger partial charge in [-0.05, 0) is 25.7 Å². The average Bonchev–Trinajstić information content (AvgIpc) is 2.55. The number of aliphatic hydroxyl groups excluding tert-OH is 1. The highest BCUT2D eigenvalue weighted by atomic mass is 16.5. The van der Waals surface area contributed by atoms with Crippen LogP contribution in [0, 0.1) is 5.92 Å². The number of carbonyl (C=O) groups is 1. The maximum atomic E-state index is 10.9. The standard InChI is InChI=1S/C10H18O4/c1-7-5-8(9(6-11)14-7)3-4-10(12)13-2/h7-9,11H,3-6H2,1-2H3/t7?,8-,9-/m1/s1. The molecule has 1 unspecified atom stereocenters. The Hall–Kier alpha value is -0.610. The first kappa shape index (κ1) is 11.5. The molecular weight excluding hydrogens is 184 g/mol. The van der Waals surface area contributed by atoms with Gasteiger partial charge in [-0.1, -0.05) is 0 Å². The summed E-state index contributed by atoms with van der Waals surface area (Å²) in [6, 6.07) is 0. The van der Waals surface area contributed by atoms with Crippen LogP contribution in [0.5, 0.6) is 0 Å². The predicted molar refractivity (Wildman–Crippen MR) is 50.8 cm³/mol. The molecule has 0 aromatic rings. The van der Waals surface area contributed by atoms with E-state index >= 15 is 0 Å². The van der Waals surface area contributed by atoms with Gasteiger partial charge in [0.15, 0.2) is 0 Å². The van der Waals surface area contributed by atoms with E-state index < -0.39 is 0 Å². The van der Waals surface area contributed by atoms with Crippen molar-refractivity contribution in [2.45, 2.75) is 38.4 Å². The second-order valence-corrected chi connectivity index (χ2v) is 3.78. The van der Waals surface area contributed by atoms with E-state index in [0.29, 0.717) is 6.42 Å². The van der Waals surface area contributed by atoms with Gasteiger partial charge in [0.2, 0.25) is 0 Å². The Morgan fingerprint density at radius 3 is 2.93 bits per heavy atom. The third-order valence-electron chi connectivity index (χ3n) is 2.69. The number of hydrogen-bond acceptors (Lipinski definition) is 4. The van der Waals surface area contributed by atoms with Crippen LogP contribution in [0.25, 0.3) is 0 Å². The van der Waals surface area contributed by atoms with Crippen LogP contribution < -0.4 is 0 Å². The molecule has 0 spiro atoms. The molecular formula is C10H18O4. The van der Waals surface area contributed by atoms with Crippen LogP contribution in [-0.2, 0) is 14.3 Å². The van der Waals surface area contributed by atoms with Gasteiger partial charge in [0.1, 0.15) is 0 Å². The van der Waals surface area contributed by atoms with E-state index in [4.69, 9.17) is 9.84 Å². The summed E-state index contributed by atoms with van der Waals surface area (Å²) < 4.78 is 10.1. The summed E-state index contributed by atoms with van der Waals surface area (Å²) in [5, 5.41) is 9.04. The van der Waals surface area contributed by atoms with Crippen molar-refractivity contribution in [3.8, 4) is 0 Å². The van der Waals surface area contributed by atoms with E-state index in [9.17, 15) is 4.79 Å². The summed E-state index contributed by atoms with van der Waals surface area (Å²) in [4.78, 5) is 10.9. The fraction of sp³-hybridized carbons (Fsp3) is 0.900. The third kappa shape index (κ3) is 2.96. The fourth-order valence-corrected chi connectivity index (χ4v) is 1.94. The molecule has 1 N–H and O–H groups in total. The second kappa shape index (κ2) is 5.32. The molecule has 1 saturated heterocycles. The van der Waals surface area contributed by atoms with E-state index in [0.717, 1.165) is 12.8 Å². The number of ether oxygens (including phenoxy) is 2. The number of hydrogen-bond donors (Lipinski definition) is 1. The highest BCUT2D eigenvalue weighted by molar-refractivity contribution is 5.69. The second-order valence-electron chi connectivity index (χ2n) is 3.78. The van der Waals surface area contributed by atoms with Gasteiger partial charge in [0.25, 0.3) is 0 Å². The SMILES string of the molecule is COC(=O)CC[C@@H]1CC(C)O[C@@H]1CO. The first-order chi connectivity index (χ1) is 6.67. The number of carbonyl (C=O) groups excluding carboxylic acids is 1. The van der Waals surface area contributed by atoms with Gasteiger partial charge in [-0.25, -0.2) is 0 Å². The number of methoxy groups -OCH3 is 1. The summed E-state index contributed by atoms with van der Waals surface area (Å²) in [7, 11) is 1.39. The molecule has 1 rings (SSSR count). The monoisotopic (exact) mass is 202 g/mol. The lowest BCUT2D eigenvalue weighted by Gasteiger charge is -2.14. The maximum Gasteiger partial charge on any atom is 0.305 e. The first-order valence-electron chi connectivity index (χ1n) is 5.00. The summed E-state index contributed by atoms with van der Waals surface area (Å²) in [5.41, 5.74) is 0. The predicted octanol–water partition coefficient (Wildman–Crippen LogP) is 0.725. The van der Waals surface area contributed by atoms with Crippen molar-refractivity contribution < 1.29 is 19.4 Å². The van der Waals surface area contributed by atoms with Crippen molar-refractivity contribution in [1.82, 2.24) is 0 Å². The molecule has 1 aliphatic heterocycles. The van der Waals surface area contributed by atoms with E-state index in [1.165, 1.54) is 7.11 Å². The molecule has 82 valence electrons. The number of aliphatic hydroxyl groups is 1. The molecule has 1 fully saturated rings. The molecule has 4 nitrogen and oxygen atoms in total. The lowest BCUT2D eigenvalue weighted by Crippen LogP contribution is -2.21. The maximum absolute atomic E-state index is 10.9. The topological polar surface area (TPSA) is 55.8 Å². The molecule has 1 heterocycles. The van der Waals surface area contributed by atoms with Crippen LogP contribution in [-0.4, -0.2) is 37.0 Å². The van der Waals surface area contributed by atoms with Crippen molar-refractivity contribution in [3.63, 3.8) is 0 Å². The third-order valence-corrected chi connectivity index (χ3v) is 2.69. The molecule has 14 heavy (non-hydrogen) atoms. The molecule has 0 bridgehead atoms. The van der Waals surface area contributed by atoms with E-state index in [1.807, 2.05) is 6.92 Å². The molecule has 3 atom stereocenters. The quantitative estimate of drug-likeness (QED) is 0.683. The summed E-state index contributed by atoms with van der Waals surface area (Å²) in [6.07, 6.45) is 2.16. The van der Waals surface area contributed by atoms with E-state index in [2.05, 4.69) is 4.74 Å². The van der Waals surface area contributed by atoms with Crippen LogP contribution in [0.2, 0.25) is 0 Å². The largest absolute Gasteiger partial charge is 0.469 e. The molecule has 0 saturated carbocycles. The molecule has 0 radical (unpaired) electrons. The lowest BCUT2D eigenvalue weighted by molar-refractivity contribution is -0.141. The van der Waals surface area contributed by atoms with Gasteiger partial charge in [-0.2, -0.15) is 0 Å². The zero-order valence-corrected chi connectivity index (χ0v) is 8.73. The van der Waals surface area contributed by atoms with Crippen LogP contribution >= 0.6 is 0 Å². The van der Waals surface area contributed by atoms with Crippen LogP contribution in [0.4, 0.5) is 0 Å². The fourth-order valence-electron chi connectivity index (χ4n) is 1.94. The van der Waals surface area contributed by atoms with Gasteiger partial charge in [-0.3, -0.25) is 4.79 Å². The normalized spacial score (nSPS) is 31.8. The Morgan fingerprint density at radius 2 is 2.36 bits per heavy atom. The van der Waals surface area contributed by atoms with E-state index in [1.54, 1.807) is 0 Å². The van der Waals surface area contributed by atoms with Gasteiger partial charge in [0, 0.05) is 6.42 Å². The molecule has 0 aromatic carbocycles. The zero-order valence-electron chi connectivity index (χ0n) is 8.73. The van der Waals surface area contributed by atoms with E-state index in [-0.39, 0.29) is 30.7 Å². The molecule has 0 aromatic heterocycles. The highest BCUT2D eigenvalue weighted by Gasteiger charge is 2.32. The zero-order chi connectivity index (χ0) is 10.6. The Balaban J connectivity index is 2.32. The first-order valence-corrected chi connectivity index (χ1v) is 5.00. The Morgan fingerprint density at radius 1 is 1.64 bits per heavy atom. The average molecular weight is 202 g/mol. The molecule has 1 aliphatic rings. The minimum absolute atomic E-state index is 0.0379. The van der Waals surface area contributed by atoms with Crippen molar-refractivity contribution in [1.29, 1.82) is 0 Å². The van der Waals surface area contributed by atoms with Gasteiger partial charge < -0.3 is 14.6 Å². The Kier molecular flexibility index (Phi) is 4.35. The highest BCUT2D eigenvalue weighted by Crippen LogP contribution is 2.29. The Bertz CT molecular complexity index is 193. The molecule has 4 heteroatoms. The van der Waals surface area contributed by atoms with Crippen LogP contribution in [0.1, 0.15) is 26.2 Å². The van der Waals surface area contributed by atoms with Crippen molar-refractivity contribution >= 4 is 5.97 Å². The van der Waals surface area contributed by atoms with Crippen molar-refractivity contribution in [2.24, 2.45) is 5.92 Å². The smallest absolute Gasteiger partial charge is 0.305 e.